The summed E-state index contributed by atoms with van der Waals surface area (Å²) in [6.45, 7) is 0. The van der Waals surface area contributed by atoms with E-state index in [1.807, 2.05) is 12.2 Å². The van der Waals surface area contributed by atoms with Crippen molar-refractivity contribution < 1.29 is 9.84 Å². The van der Waals surface area contributed by atoms with Gasteiger partial charge in [-0.05, 0) is 6.42 Å². The predicted octanol–water partition coefficient (Wildman–Crippen LogP) is 0.712. The third-order valence-corrected chi connectivity index (χ3v) is 1.57. The molecule has 0 aromatic heterocycles. The Morgan fingerprint density at radius 3 is 2.89 bits per heavy atom. The molecule has 1 N–H and O–H groups in total. The highest BCUT2D eigenvalue weighted by Gasteiger charge is 2.13. The molecule has 0 radical (unpaired) electrons. The van der Waals surface area contributed by atoms with E-state index >= 15 is 0 Å². The lowest BCUT2D eigenvalue weighted by molar-refractivity contribution is 0.0657. The van der Waals surface area contributed by atoms with Gasteiger partial charge < -0.3 is 9.84 Å². The summed E-state index contributed by atoms with van der Waals surface area (Å²) in [6, 6.07) is 0. The summed E-state index contributed by atoms with van der Waals surface area (Å²) in [5, 5.41) is 9.08. The van der Waals surface area contributed by atoms with E-state index in [1.165, 1.54) is 0 Å². The van der Waals surface area contributed by atoms with Crippen LogP contribution in [0.1, 0.15) is 12.8 Å². The van der Waals surface area contributed by atoms with Gasteiger partial charge in [0.15, 0.2) is 0 Å². The molecule has 0 amide bonds. The molecule has 0 aliphatic heterocycles. The van der Waals surface area contributed by atoms with Gasteiger partial charge in [0, 0.05) is 13.5 Å². The first-order chi connectivity index (χ1) is 4.33. The first-order valence-electron chi connectivity index (χ1n) is 3.20. The fourth-order valence-corrected chi connectivity index (χ4v) is 1.01. The molecule has 2 unspecified atom stereocenters. The number of aliphatic hydroxyl groups excluding tert-OH is 1. The molecule has 1 aliphatic rings. The lowest BCUT2D eigenvalue weighted by atomic mass is 10.0. The minimum atomic E-state index is -0.194. The second kappa shape index (κ2) is 2.99. The van der Waals surface area contributed by atoms with Gasteiger partial charge >= 0.3 is 0 Å². The van der Waals surface area contributed by atoms with Crippen LogP contribution in [0.3, 0.4) is 0 Å². The van der Waals surface area contributed by atoms with E-state index in [2.05, 4.69) is 0 Å². The van der Waals surface area contributed by atoms with Gasteiger partial charge in [0.2, 0.25) is 0 Å². The molecule has 1 rings (SSSR count). The van der Waals surface area contributed by atoms with E-state index in [9.17, 15) is 0 Å². The van der Waals surface area contributed by atoms with E-state index in [0.717, 1.165) is 12.8 Å². The zero-order chi connectivity index (χ0) is 6.69. The maximum atomic E-state index is 9.08. The van der Waals surface area contributed by atoms with Crippen LogP contribution in [-0.4, -0.2) is 24.4 Å². The van der Waals surface area contributed by atoms with Crippen molar-refractivity contribution in [2.75, 3.05) is 7.11 Å². The van der Waals surface area contributed by atoms with E-state index in [-0.39, 0.29) is 12.2 Å². The molecule has 2 atom stereocenters. The number of rotatable bonds is 1. The molecule has 0 spiro atoms. The van der Waals surface area contributed by atoms with Crippen LogP contribution in [0.5, 0.6) is 0 Å². The first kappa shape index (κ1) is 6.78. The van der Waals surface area contributed by atoms with Crippen LogP contribution < -0.4 is 0 Å². The second-order valence-corrected chi connectivity index (χ2v) is 2.33. The van der Waals surface area contributed by atoms with E-state index in [1.54, 1.807) is 7.11 Å². The van der Waals surface area contributed by atoms with Gasteiger partial charge in [0.25, 0.3) is 0 Å². The van der Waals surface area contributed by atoms with Crippen LogP contribution in [0.4, 0.5) is 0 Å². The van der Waals surface area contributed by atoms with Gasteiger partial charge in [0.05, 0.1) is 12.2 Å². The van der Waals surface area contributed by atoms with Crippen LogP contribution in [0.25, 0.3) is 0 Å². The van der Waals surface area contributed by atoms with Gasteiger partial charge in [-0.15, -0.1) is 0 Å². The molecule has 9 heavy (non-hydrogen) atoms. The lowest BCUT2D eigenvalue weighted by Gasteiger charge is -2.18. The summed E-state index contributed by atoms with van der Waals surface area (Å²) in [6.07, 6.45) is 5.41. The number of ether oxygens (including phenoxy) is 1. The normalized spacial score (nSPS) is 34.9. The Bertz CT molecular complexity index is 109. The van der Waals surface area contributed by atoms with Crippen molar-refractivity contribution in [3.63, 3.8) is 0 Å². The zero-order valence-corrected chi connectivity index (χ0v) is 5.58. The van der Waals surface area contributed by atoms with Crippen LogP contribution in [0.15, 0.2) is 12.2 Å². The summed E-state index contributed by atoms with van der Waals surface area (Å²) in [7, 11) is 1.66. The van der Waals surface area contributed by atoms with Crippen molar-refractivity contribution in [3.05, 3.63) is 12.2 Å². The van der Waals surface area contributed by atoms with Crippen LogP contribution in [0, 0.1) is 0 Å². The van der Waals surface area contributed by atoms with Crippen LogP contribution in [-0.2, 0) is 4.74 Å². The van der Waals surface area contributed by atoms with Crippen molar-refractivity contribution in [1.29, 1.82) is 0 Å². The Balaban J connectivity index is 2.39. The molecule has 2 nitrogen and oxygen atoms in total. The van der Waals surface area contributed by atoms with Crippen molar-refractivity contribution in [3.8, 4) is 0 Å². The smallest absolute Gasteiger partial charge is 0.0776 e. The molecule has 0 bridgehead atoms. The van der Waals surface area contributed by atoms with Crippen molar-refractivity contribution in [2.24, 2.45) is 0 Å². The Morgan fingerprint density at radius 2 is 2.44 bits per heavy atom. The molecule has 0 aromatic carbocycles. The number of hydrogen-bond donors (Lipinski definition) is 1. The van der Waals surface area contributed by atoms with Crippen molar-refractivity contribution in [2.45, 2.75) is 25.0 Å². The van der Waals surface area contributed by atoms with E-state index in [0.29, 0.717) is 0 Å². The molecule has 2 heteroatoms. The Labute approximate surface area is 55.1 Å². The highest BCUT2D eigenvalue weighted by Crippen LogP contribution is 2.12. The largest absolute Gasteiger partial charge is 0.393 e. The molecule has 0 heterocycles. The number of methoxy groups -OCH3 is 1. The minimum Gasteiger partial charge on any atom is -0.393 e. The Kier molecular flexibility index (Phi) is 2.25. The molecule has 0 aromatic rings. The van der Waals surface area contributed by atoms with Crippen molar-refractivity contribution in [1.82, 2.24) is 0 Å². The van der Waals surface area contributed by atoms with Gasteiger partial charge in [0.1, 0.15) is 0 Å². The Hall–Kier alpha value is -0.340. The average molecular weight is 128 g/mol. The third kappa shape index (κ3) is 1.80. The van der Waals surface area contributed by atoms with Crippen molar-refractivity contribution >= 4 is 0 Å². The number of hydrogen-bond acceptors (Lipinski definition) is 2. The minimum absolute atomic E-state index is 0.133. The average Bonchev–Trinajstić information content (AvgIpc) is 1.88. The molecular weight excluding hydrogens is 116 g/mol. The van der Waals surface area contributed by atoms with Gasteiger partial charge in [-0.25, -0.2) is 0 Å². The summed E-state index contributed by atoms with van der Waals surface area (Å²) in [5.41, 5.74) is 0. The highest BCUT2D eigenvalue weighted by molar-refractivity contribution is 4.97. The maximum Gasteiger partial charge on any atom is 0.0776 e. The van der Waals surface area contributed by atoms with Gasteiger partial charge in [-0.2, -0.15) is 0 Å². The molecule has 0 saturated carbocycles. The van der Waals surface area contributed by atoms with Crippen LogP contribution in [0.2, 0.25) is 0 Å². The maximum absolute atomic E-state index is 9.08. The molecule has 0 fully saturated rings. The summed E-state index contributed by atoms with van der Waals surface area (Å²) in [5.74, 6) is 0. The zero-order valence-electron chi connectivity index (χ0n) is 5.58. The lowest BCUT2D eigenvalue weighted by Crippen LogP contribution is -2.20. The summed E-state index contributed by atoms with van der Waals surface area (Å²) >= 11 is 0. The predicted molar refractivity (Wildman–Crippen MR) is 35.2 cm³/mol. The fourth-order valence-electron chi connectivity index (χ4n) is 1.01. The SMILES string of the molecule is COC1C=CCC(O)C1. The molecular formula is C7H12O2. The molecule has 0 saturated heterocycles. The van der Waals surface area contributed by atoms with E-state index < -0.39 is 0 Å². The monoisotopic (exact) mass is 128 g/mol. The standard InChI is InChI=1S/C7H12O2/c1-9-7-4-2-3-6(8)5-7/h2,4,6-8H,3,5H2,1H3. The third-order valence-electron chi connectivity index (χ3n) is 1.57. The fraction of sp³-hybridized carbons (Fsp3) is 0.714. The summed E-state index contributed by atoms with van der Waals surface area (Å²) in [4.78, 5) is 0. The highest BCUT2D eigenvalue weighted by atomic mass is 16.5. The van der Waals surface area contributed by atoms with Gasteiger partial charge in [-0.1, -0.05) is 12.2 Å². The topological polar surface area (TPSA) is 29.5 Å². The summed E-state index contributed by atoms with van der Waals surface area (Å²) < 4.78 is 5.01. The van der Waals surface area contributed by atoms with E-state index in [4.69, 9.17) is 9.84 Å². The first-order valence-corrected chi connectivity index (χ1v) is 3.20. The molecule has 1 aliphatic carbocycles. The van der Waals surface area contributed by atoms with Crippen LogP contribution >= 0.6 is 0 Å². The second-order valence-electron chi connectivity index (χ2n) is 2.33. The van der Waals surface area contributed by atoms with Gasteiger partial charge in [-0.3, -0.25) is 0 Å². The number of aliphatic hydroxyl groups is 1. The quantitative estimate of drug-likeness (QED) is 0.527. The molecule has 52 valence electrons. The Morgan fingerprint density at radius 1 is 1.67 bits per heavy atom.